The Balaban J connectivity index is 2.17. The summed E-state index contributed by atoms with van der Waals surface area (Å²) in [7, 11) is 0. The number of carbonyl (C=O) groups is 1. The Hall–Kier alpha value is -1.55. The summed E-state index contributed by atoms with van der Waals surface area (Å²) in [5.74, 6) is 0.196. The average molecular weight is 276 g/mol. The van der Waals surface area contributed by atoms with Crippen LogP contribution in [-0.2, 0) is 0 Å². The molecule has 1 aliphatic carbocycles. The molecule has 0 radical (unpaired) electrons. The van der Waals surface area contributed by atoms with Crippen molar-refractivity contribution in [3.05, 3.63) is 29.3 Å². The van der Waals surface area contributed by atoms with Crippen molar-refractivity contribution in [2.24, 2.45) is 5.73 Å². The maximum absolute atomic E-state index is 12.7. The largest absolute Gasteiger partial charge is 0.508 e. The highest BCUT2D eigenvalue weighted by Crippen LogP contribution is 2.26. The van der Waals surface area contributed by atoms with Crippen LogP contribution in [0.5, 0.6) is 5.75 Å². The van der Waals surface area contributed by atoms with E-state index < -0.39 is 0 Å². The molecule has 1 aromatic rings. The molecule has 3 N–H and O–H groups in total. The molecule has 4 heteroatoms. The standard InChI is InChI=1S/C16H24N2O2/c1-12-7-8-13(11-15(12)19)16(20)18(10-4-9-17)14-5-2-3-6-14/h7-8,11,14,19H,2-6,9-10,17H2,1H3. The molecule has 0 atom stereocenters. The molecule has 0 aliphatic heterocycles. The molecular formula is C16H24N2O2. The van der Waals surface area contributed by atoms with Crippen molar-refractivity contribution in [3.63, 3.8) is 0 Å². The summed E-state index contributed by atoms with van der Waals surface area (Å²) < 4.78 is 0. The summed E-state index contributed by atoms with van der Waals surface area (Å²) in [5.41, 5.74) is 6.93. The lowest BCUT2D eigenvalue weighted by molar-refractivity contribution is 0.0680. The highest BCUT2D eigenvalue weighted by molar-refractivity contribution is 5.95. The molecule has 4 nitrogen and oxygen atoms in total. The van der Waals surface area contributed by atoms with Crippen molar-refractivity contribution in [3.8, 4) is 5.75 Å². The minimum atomic E-state index is 0.0145. The van der Waals surface area contributed by atoms with Crippen molar-refractivity contribution >= 4 is 5.91 Å². The Morgan fingerprint density at radius 2 is 2.10 bits per heavy atom. The van der Waals surface area contributed by atoms with Gasteiger partial charge in [0.2, 0.25) is 0 Å². The van der Waals surface area contributed by atoms with Gasteiger partial charge in [0.15, 0.2) is 0 Å². The molecule has 0 spiro atoms. The van der Waals surface area contributed by atoms with Crippen LogP contribution < -0.4 is 5.73 Å². The fourth-order valence-corrected chi connectivity index (χ4v) is 2.84. The second-order valence-corrected chi connectivity index (χ2v) is 5.58. The first kappa shape index (κ1) is 14.9. The van der Waals surface area contributed by atoms with Crippen LogP contribution in [0.15, 0.2) is 18.2 Å². The van der Waals surface area contributed by atoms with E-state index in [4.69, 9.17) is 5.73 Å². The number of hydrogen-bond acceptors (Lipinski definition) is 3. The Labute approximate surface area is 120 Å². The van der Waals surface area contributed by atoms with Crippen LogP contribution in [0.3, 0.4) is 0 Å². The molecule has 0 aromatic heterocycles. The highest BCUT2D eigenvalue weighted by Gasteiger charge is 2.27. The molecule has 1 aliphatic rings. The molecule has 0 bridgehead atoms. The third-order valence-corrected chi connectivity index (χ3v) is 4.09. The summed E-state index contributed by atoms with van der Waals surface area (Å²) in [5, 5.41) is 9.78. The van der Waals surface area contributed by atoms with Crippen LogP contribution in [-0.4, -0.2) is 35.0 Å². The zero-order valence-corrected chi connectivity index (χ0v) is 12.1. The second-order valence-electron chi connectivity index (χ2n) is 5.58. The van der Waals surface area contributed by atoms with Crippen LogP contribution in [0.25, 0.3) is 0 Å². The third kappa shape index (κ3) is 3.31. The van der Waals surface area contributed by atoms with E-state index in [2.05, 4.69) is 0 Å². The summed E-state index contributed by atoms with van der Waals surface area (Å²) >= 11 is 0. The van der Waals surface area contributed by atoms with E-state index in [0.717, 1.165) is 24.8 Å². The molecule has 1 saturated carbocycles. The van der Waals surface area contributed by atoms with Gasteiger partial charge in [-0.15, -0.1) is 0 Å². The third-order valence-electron chi connectivity index (χ3n) is 4.09. The van der Waals surface area contributed by atoms with Crippen molar-refractivity contribution in [2.45, 2.75) is 45.1 Å². The molecule has 0 unspecified atom stereocenters. The van der Waals surface area contributed by atoms with E-state index in [0.29, 0.717) is 24.7 Å². The number of phenolic OH excluding ortho intramolecular Hbond substituents is 1. The summed E-state index contributed by atoms with van der Waals surface area (Å²) in [6.07, 6.45) is 5.36. The minimum absolute atomic E-state index is 0.0145. The zero-order valence-electron chi connectivity index (χ0n) is 12.1. The maximum Gasteiger partial charge on any atom is 0.254 e. The van der Waals surface area contributed by atoms with Crippen molar-refractivity contribution < 1.29 is 9.90 Å². The van der Waals surface area contributed by atoms with Gasteiger partial charge in [0.25, 0.3) is 5.91 Å². The van der Waals surface area contributed by atoms with Gasteiger partial charge in [-0.05, 0) is 50.4 Å². The molecule has 1 fully saturated rings. The number of phenols is 1. The quantitative estimate of drug-likeness (QED) is 0.868. The molecular weight excluding hydrogens is 252 g/mol. The maximum atomic E-state index is 12.7. The minimum Gasteiger partial charge on any atom is -0.508 e. The lowest BCUT2D eigenvalue weighted by Crippen LogP contribution is -2.40. The number of aryl methyl sites for hydroxylation is 1. The van der Waals surface area contributed by atoms with Crippen molar-refractivity contribution in [2.75, 3.05) is 13.1 Å². The van der Waals surface area contributed by atoms with Gasteiger partial charge in [-0.25, -0.2) is 0 Å². The number of rotatable bonds is 5. The van der Waals surface area contributed by atoms with Crippen molar-refractivity contribution in [1.82, 2.24) is 4.90 Å². The molecule has 1 amide bonds. The van der Waals surface area contributed by atoms with Crippen LogP contribution in [0.2, 0.25) is 0 Å². The van der Waals surface area contributed by atoms with Crippen LogP contribution in [0, 0.1) is 6.92 Å². The number of hydrogen-bond donors (Lipinski definition) is 2. The van der Waals surface area contributed by atoms with E-state index in [1.807, 2.05) is 11.8 Å². The van der Waals surface area contributed by atoms with Crippen molar-refractivity contribution in [1.29, 1.82) is 0 Å². The second kappa shape index (κ2) is 6.75. The molecule has 0 heterocycles. The number of aromatic hydroxyl groups is 1. The van der Waals surface area contributed by atoms with E-state index in [9.17, 15) is 9.90 Å². The molecule has 20 heavy (non-hydrogen) atoms. The number of nitrogens with zero attached hydrogens (tertiary/aromatic N) is 1. The normalized spacial score (nSPS) is 15.5. The molecule has 1 aromatic carbocycles. The fraction of sp³-hybridized carbons (Fsp3) is 0.562. The lowest BCUT2D eigenvalue weighted by atomic mass is 10.1. The topological polar surface area (TPSA) is 66.6 Å². The average Bonchev–Trinajstić information content (AvgIpc) is 2.96. The van der Waals surface area contributed by atoms with Gasteiger partial charge in [0.1, 0.15) is 5.75 Å². The molecule has 0 saturated heterocycles. The first-order chi connectivity index (χ1) is 9.63. The van der Waals surface area contributed by atoms with E-state index in [1.165, 1.54) is 12.8 Å². The van der Waals surface area contributed by atoms with Gasteiger partial charge in [0.05, 0.1) is 0 Å². The predicted octanol–water partition coefficient (Wildman–Crippen LogP) is 2.43. The Morgan fingerprint density at radius 1 is 1.40 bits per heavy atom. The van der Waals surface area contributed by atoms with Gasteiger partial charge in [-0.3, -0.25) is 4.79 Å². The predicted molar refractivity (Wildman–Crippen MR) is 79.8 cm³/mol. The Kier molecular flexibility index (Phi) is 5.01. The number of amides is 1. The fourth-order valence-electron chi connectivity index (χ4n) is 2.84. The molecule has 2 rings (SSSR count). The van der Waals surface area contributed by atoms with E-state index in [1.54, 1.807) is 18.2 Å². The van der Waals surface area contributed by atoms with Gasteiger partial charge in [-0.1, -0.05) is 18.9 Å². The summed E-state index contributed by atoms with van der Waals surface area (Å²) in [6, 6.07) is 5.49. The highest BCUT2D eigenvalue weighted by atomic mass is 16.3. The SMILES string of the molecule is Cc1ccc(C(=O)N(CCCN)C2CCCC2)cc1O. The zero-order chi connectivity index (χ0) is 14.5. The first-order valence-corrected chi connectivity index (χ1v) is 7.44. The Morgan fingerprint density at radius 3 is 2.70 bits per heavy atom. The first-order valence-electron chi connectivity index (χ1n) is 7.44. The smallest absolute Gasteiger partial charge is 0.254 e. The van der Waals surface area contributed by atoms with E-state index in [-0.39, 0.29) is 11.7 Å². The van der Waals surface area contributed by atoms with Crippen LogP contribution >= 0.6 is 0 Å². The van der Waals surface area contributed by atoms with Gasteiger partial charge in [-0.2, -0.15) is 0 Å². The number of carbonyl (C=O) groups excluding carboxylic acids is 1. The number of benzene rings is 1. The van der Waals surface area contributed by atoms with E-state index >= 15 is 0 Å². The van der Waals surface area contributed by atoms with Gasteiger partial charge >= 0.3 is 0 Å². The summed E-state index contributed by atoms with van der Waals surface area (Å²) in [4.78, 5) is 14.6. The lowest BCUT2D eigenvalue weighted by Gasteiger charge is -2.29. The Bertz CT molecular complexity index is 468. The molecule has 110 valence electrons. The number of nitrogens with two attached hydrogens (primary N) is 1. The van der Waals surface area contributed by atoms with Gasteiger partial charge < -0.3 is 15.7 Å². The summed E-state index contributed by atoms with van der Waals surface area (Å²) in [6.45, 7) is 3.12. The monoisotopic (exact) mass is 276 g/mol. The van der Waals surface area contributed by atoms with Crippen LogP contribution in [0.4, 0.5) is 0 Å². The van der Waals surface area contributed by atoms with Crippen LogP contribution in [0.1, 0.15) is 48.0 Å². The van der Waals surface area contributed by atoms with Gasteiger partial charge in [0, 0.05) is 18.2 Å².